The number of fused-ring (bicyclic) bond motifs is 1. The molecule has 0 aliphatic rings. The maximum atomic E-state index is 4.37. The molecule has 3 aromatic heterocycles. The third-order valence-corrected chi connectivity index (χ3v) is 4.75. The first kappa shape index (κ1) is 17.3. The molecule has 3 aromatic rings. The summed E-state index contributed by atoms with van der Waals surface area (Å²) in [5.74, 6) is 1.80. The molecule has 0 unspecified atom stereocenters. The van der Waals surface area contributed by atoms with Crippen LogP contribution in [0.1, 0.15) is 22.1 Å². The highest BCUT2D eigenvalue weighted by Gasteiger charge is 2.05. The van der Waals surface area contributed by atoms with Crippen molar-refractivity contribution >= 4 is 22.9 Å². The number of hydrogen-bond donors (Lipinski definition) is 2. The Morgan fingerprint density at radius 1 is 1.20 bits per heavy atom. The van der Waals surface area contributed by atoms with Crippen LogP contribution in [0.3, 0.4) is 0 Å². The predicted molar refractivity (Wildman–Crippen MR) is 101 cm³/mol. The van der Waals surface area contributed by atoms with E-state index in [1.807, 2.05) is 35.0 Å². The number of aromatic nitrogens is 4. The van der Waals surface area contributed by atoms with E-state index in [2.05, 4.69) is 37.7 Å². The topological polar surface area (TPSA) is 79.5 Å². The van der Waals surface area contributed by atoms with Gasteiger partial charge in [-0.3, -0.25) is 9.39 Å². The van der Waals surface area contributed by atoms with E-state index in [1.165, 1.54) is 4.88 Å². The summed E-state index contributed by atoms with van der Waals surface area (Å²) in [6, 6.07) is 5.93. The number of thiazole rings is 1. The lowest BCUT2D eigenvalue weighted by Gasteiger charge is -2.11. The third-order valence-electron chi connectivity index (χ3n) is 3.78. The summed E-state index contributed by atoms with van der Waals surface area (Å²) in [5, 5.41) is 16.2. The molecule has 3 heterocycles. The van der Waals surface area contributed by atoms with Crippen LogP contribution in [0.5, 0.6) is 0 Å². The van der Waals surface area contributed by atoms with Crippen molar-refractivity contribution in [1.29, 1.82) is 0 Å². The van der Waals surface area contributed by atoms with Crippen molar-refractivity contribution in [3.8, 4) is 0 Å². The van der Waals surface area contributed by atoms with Crippen LogP contribution in [0.2, 0.25) is 0 Å². The summed E-state index contributed by atoms with van der Waals surface area (Å²) >= 11 is 1.74. The van der Waals surface area contributed by atoms with E-state index in [0.717, 1.165) is 54.8 Å². The number of nitrogens with zero attached hydrogens (tertiary/aromatic N) is 5. The van der Waals surface area contributed by atoms with E-state index < -0.39 is 0 Å². The summed E-state index contributed by atoms with van der Waals surface area (Å²) < 4.78 is 2.03. The van der Waals surface area contributed by atoms with Crippen LogP contribution in [0.4, 0.5) is 0 Å². The highest BCUT2D eigenvalue weighted by molar-refractivity contribution is 7.11. The van der Waals surface area contributed by atoms with Crippen LogP contribution in [-0.2, 0) is 12.8 Å². The standard InChI is InChI=1S/C17H23N7S/c1-13-12-21-16(25-13)8-10-20-17(18-2)19-9-5-7-15-23-22-14-6-3-4-11-24(14)15/h3-4,6,11-12H,5,7-10H2,1-2H3,(H2,18,19,20). The maximum Gasteiger partial charge on any atom is 0.190 e. The molecule has 0 saturated heterocycles. The molecule has 0 spiro atoms. The monoisotopic (exact) mass is 357 g/mol. The van der Waals surface area contributed by atoms with E-state index in [0.29, 0.717) is 0 Å². The van der Waals surface area contributed by atoms with Gasteiger partial charge in [0.05, 0.1) is 5.01 Å². The van der Waals surface area contributed by atoms with E-state index >= 15 is 0 Å². The average Bonchev–Trinajstić information content (AvgIpc) is 3.23. The van der Waals surface area contributed by atoms with E-state index in [1.54, 1.807) is 18.4 Å². The number of pyridine rings is 1. The summed E-state index contributed by atoms with van der Waals surface area (Å²) in [7, 11) is 1.79. The minimum Gasteiger partial charge on any atom is -0.356 e. The van der Waals surface area contributed by atoms with Gasteiger partial charge < -0.3 is 10.6 Å². The van der Waals surface area contributed by atoms with Crippen molar-refractivity contribution < 1.29 is 0 Å². The van der Waals surface area contributed by atoms with Crippen LogP contribution < -0.4 is 10.6 Å². The zero-order valence-corrected chi connectivity index (χ0v) is 15.4. The van der Waals surface area contributed by atoms with E-state index in [4.69, 9.17) is 0 Å². The maximum absolute atomic E-state index is 4.37. The first-order valence-electron chi connectivity index (χ1n) is 8.41. The van der Waals surface area contributed by atoms with Gasteiger partial charge in [0, 0.05) is 50.2 Å². The van der Waals surface area contributed by atoms with Crippen molar-refractivity contribution in [2.45, 2.75) is 26.2 Å². The fraction of sp³-hybridized carbons (Fsp3) is 0.412. The number of hydrogen-bond acceptors (Lipinski definition) is 5. The number of guanidine groups is 1. The molecule has 0 saturated carbocycles. The van der Waals surface area contributed by atoms with Crippen LogP contribution >= 0.6 is 11.3 Å². The molecule has 7 nitrogen and oxygen atoms in total. The lowest BCUT2D eigenvalue weighted by Crippen LogP contribution is -2.38. The lowest BCUT2D eigenvalue weighted by molar-refractivity contribution is 0.712. The van der Waals surface area contributed by atoms with Gasteiger partial charge in [0.25, 0.3) is 0 Å². The molecule has 0 amide bonds. The second-order valence-electron chi connectivity index (χ2n) is 5.69. The van der Waals surface area contributed by atoms with Gasteiger partial charge in [0.1, 0.15) is 5.82 Å². The molecule has 0 bridgehead atoms. The fourth-order valence-corrected chi connectivity index (χ4v) is 3.33. The molecule has 0 radical (unpaired) electrons. The minimum absolute atomic E-state index is 0.819. The van der Waals surface area contributed by atoms with Gasteiger partial charge in [0.15, 0.2) is 11.6 Å². The number of rotatable bonds is 7. The van der Waals surface area contributed by atoms with Crippen molar-refractivity contribution in [3.05, 3.63) is 46.3 Å². The Bertz CT molecular complexity index is 836. The average molecular weight is 357 g/mol. The molecule has 3 rings (SSSR count). The zero-order valence-electron chi connectivity index (χ0n) is 14.6. The normalized spacial score (nSPS) is 11.8. The lowest BCUT2D eigenvalue weighted by atomic mass is 10.3. The molecule has 0 aromatic carbocycles. The van der Waals surface area contributed by atoms with Crippen LogP contribution in [0.25, 0.3) is 5.65 Å². The summed E-state index contributed by atoms with van der Waals surface area (Å²) in [4.78, 5) is 9.87. The fourth-order valence-electron chi connectivity index (χ4n) is 2.54. The Morgan fingerprint density at radius 2 is 2.08 bits per heavy atom. The second-order valence-corrected chi connectivity index (χ2v) is 7.01. The molecule has 0 atom stereocenters. The Hall–Kier alpha value is -2.48. The summed E-state index contributed by atoms with van der Waals surface area (Å²) in [6.07, 6.45) is 6.65. The van der Waals surface area contributed by atoms with Gasteiger partial charge in [-0.15, -0.1) is 21.5 Å². The van der Waals surface area contributed by atoms with Crippen LogP contribution in [0.15, 0.2) is 35.6 Å². The van der Waals surface area contributed by atoms with Crippen molar-refractivity contribution in [1.82, 2.24) is 30.2 Å². The van der Waals surface area contributed by atoms with Gasteiger partial charge in [-0.1, -0.05) is 6.07 Å². The first-order valence-corrected chi connectivity index (χ1v) is 9.22. The van der Waals surface area contributed by atoms with Crippen molar-refractivity contribution in [3.63, 3.8) is 0 Å². The molecule has 132 valence electrons. The second kappa shape index (κ2) is 8.57. The molecule has 8 heteroatoms. The van der Waals surface area contributed by atoms with Gasteiger partial charge in [-0.2, -0.15) is 0 Å². The molecular weight excluding hydrogens is 334 g/mol. The number of aliphatic imine (C=N–C) groups is 1. The number of nitrogens with one attached hydrogen (secondary N) is 2. The molecular formula is C17H23N7S. The summed E-state index contributed by atoms with van der Waals surface area (Å²) in [5.41, 5.74) is 0.889. The van der Waals surface area contributed by atoms with Crippen molar-refractivity contribution in [2.24, 2.45) is 4.99 Å². The Morgan fingerprint density at radius 3 is 2.88 bits per heavy atom. The molecule has 0 fully saturated rings. The molecule has 0 aliphatic carbocycles. The highest BCUT2D eigenvalue weighted by Crippen LogP contribution is 2.10. The van der Waals surface area contributed by atoms with Gasteiger partial charge in [0.2, 0.25) is 0 Å². The van der Waals surface area contributed by atoms with Crippen LogP contribution in [0, 0.1) is 6.92 Å². The van der Waals surface area contributed by atoms with Gasteiger partial charge in [-0.25, -0.2) is 4.98 Å². The van der Waals surface area contributed by atoms with Crippen molar-refractivity contribution in [2.75, 3.05) is 20.1 Å². The molecule has 25 heavy (non-hydrogen) atoms. The Balaban J connectivity index is 1.38. The van der Waals surface area contributed by atoms with Crippen LogP contribution in [-0.4, -0.2) is 45.7 Å². The smallest absolute Gasteiger partial charge is 0.190 e. The number of aryl methyl sites for hydroxylation is 2. The quantitative estimate of drug-likeness (QED) is 0.383. The highest BCUT2D eigenvalue weighted by atomic mass is 32.1. The predicted octanol–water partition coefficient (Wildman–Crippen LogP) is 1.83. The van der Waals surface area contributed by atoms with E-state index in [-0.39, 0.29) is 0 Å². The minimum atomic E-state index is 0.819. The SMILES string of the molecule is CN=C(NCCCc1nnc2ccccn12)NCCc1ncc(C)s1. The first-order chi connectivity index (χ1) is 12.3. The van der Waals surface area contributed by atoms with Gasteiger partial charge in [-0.05, 0) is 25.5 Å². The third kappa shape index (κ3) is 4.76. The Kier molecular flexibility index (Phi) is 5.95. The largest absolute Gasteiger partial charge is 0.356 e. The van der Waals surface area contributed by atoms with E-state index in [9.17, 15) is 0 Å². The Labute approximate surface area is 151 Å². The zero-order chi connectivity index (χ0) is 17.5. The molecule has 0 aliphatic heterocycles. The summed E-state index contributed by atoms with van der Waals surface area (Å²) in [6.45, 7) is 3.73. The van der Waals surface area contributed by atoms with Gasteiger partial charge >= 0.3 is 0 Å². The molecule has 2 N–H and O–H groups in total.